The molecule has 0 bridgehead atoms. The molecule has 0 aliphatic rings. The zero-order valence-corrected chi connectivity index (χ0v) is 20.4. The van der Waals surface area contributed by atoms with Crippen LogP contribution in [0.3, 0.4) is 0 Å². The van der Waals surface area contributed by atoms with Gasteiger partial charge in [-0.1, -0.05) is 45.3 Å². The predicted molar refractivity (Wildman–Crippen MR) is 134 cm³/mol. The molecule has 1 amide bonds. The lowest BCUT2D eigenvalue weighted by molar-refractivity contribution is -0.112. The van der Waals surface area contributed by atoms with Gasteiger partial charge < -0.3 is 15.2 Å². The normalized spacial score (nSPS) is 11.1. The summed E-state index contributed by atoms with van der Waals surface area (Å²) in [6.07, 6.45) is 2.22. The number of benzene rings is 3. The number of carbonyl (C=O) groups is 1. The van der Waals surface area contributed by atoms with Crippen LogP contribution in [0.25, 0.3) is 6.08 Å². The van der Waals surface area contributed by atoms with E-state index in [1.54, 1.807) is 12.1 Å². The molecule has 2 N–H and O–H groups in total. The first-order valence-corrected chi connectivity index (χ1v) is 11.3. The fourth-order valence-electron chi connectivity index (χ4n) is 3.60. The van der Waals surface area contributed by atoms with Crippen LogP contribution in [-0.4, -0.2) is 17.6 Å². The second kappa shape index (κ2) is 10.8. The number of nitriles is 1. The number of anilines is 1. The molecule has 0 unspecified atom stereocenters. The van der Waals surface area contributed by atoms with Crippen LogP contribution in [0, 0.1) is 25.2 Å². The van der Waals surface area contributed by atoms with Crippen molar-refractivity contribution < 1.29 is 14.6 Å². The van der Waals surface area contributed by atoms with Crippen LogP contribution in [0.4, 0.5) is 5.69 Å². The van der Waals surface area contributed by atoms with Gasteiger partial charge in [-0.25, -0.2) is 0 Å². The molecule has 0 saturated carbocycles. The Morgan fingerprint density at radius 3 is 2.39 bits per heavy atom. The summed E-state index contributed by atoms with van der Waals surface area (Å²) < 4.78 is 6.75. The average molecular weight is 505 g/mol. The van der Waals surface area contributed by atoms with Crippen LogP contribution < -0.4 is 10.1 Å². The number of halogens is 1. The molecule has 3 rings (SSSR count). The number of carbonyl (C=O) groups excluding carboxylic acids is 1. The van der Waals surface area contributed by atoms with E-state index in [0.717, 1.165) is 10.0 Å². The molecule has 0 aliphatic carbocycles. The van der Waals surface area contributed by atoms with E-state index in [1.165, 1.54) is 34.9 Å². The highest BCUT2D eigenvalue weighted by atomic mass is 79.9. The van der Waals surface area contributed by atoms with Gasteiger partial charge >= 0.3 is 0 Å². The van der Waals surface area contributed by atoms with Gasteiger partial charge in [0.05, 0.1) is 6.61 Å². The molecule has 3 aromatic carbocycles. The van der Waals surface area contributed by atoms with Crippen molar-refractivity contribution in [3.05, 3.63) is 92.5 Å². The lowest BCUT2D eigenvalue weighted by Crippen LogP contribution is -2.13. The molecule has 0 aliphatic heterocycles. The third kappa shape index (κ3) is 6.47. The average Bonchev–Trinajstić information content (AvgIpc) is 2.75. The number of rotatable bonds is 7. The molecule has 3 aromatic rings. The summed E-state index contributed by atoms with van der Waals surface area (Å²) >= 11 is 3.66. The van der Waals surface area contributed by atoms with Crippen LogP contribution in [0.15, 0.2) is 64.6 Å². The minimum Gasteiger partial charge on any atom is -0.508 e. The minimum atomic E-state index is -0.531. The SMILES string of the molecule is CCOc1cc(/C=C(\C#N)C(=O)Nc2ccc(O)cc2)cc(Br)c1Cc1cc(C)cc(C)c1. The number of phenols is 1. The first kappa shape index (κ1) is 24.1. The summed E-state index contributed by atoms with van der Waals surface area (Å²) in [5, 5.41) is 21.6. The second-order valence-electron chi connectivity index (χ2n) is 7.76. The molecule has 0 spiro atoms. The first-order chi connectivity index (χ1) is 15.8. The number of nitrogens with one attached hydrogen (secondary N) is 1. The Balaban J connectivity index is 1.92. The lowest BCUT2D eigenvalue weighted by atomic mass is 9.98. The molecule has 6 heteroatoms. The van der Waals surface area contributed by atoms with Crippen LogP contribution in [-0.2, 0) is 11.2 Å². The van der Waals surface area contributed by atoms with Crippen molar-refractivity contribution in [2.75, 3.05) is 11.9 Å². The summed E-state index contributed by atoms with van der Waals surface area (Å²) in [7, 11) is 0. The van der Waals surface area contributed by atoms with E-state index < -0.39 is 5.91 Å². The molecule has 0 aromatic heterocycles. The first-order valence-electron chi connectivity index (χ1n) is 10.5. The van der Waals surface area contributed by atoms with Gasteiger partial charge in [0.25, 0.3) is 5.91 Å². The second-order valence-corrected chi connectivity index (χ2v) is 8.61. The Morgan fingerprint density at radius 2 is 1.79 bits per heavy atom. The molecule has 168 valence electrons. The van der Waals surface area contributed by atoms with E-state index in [9.17, 15) is 15.2 Å². The maximum atomic E-state index is 12.6. The molecular weight excluding hydrogens is 480 g/mol. The largest absolute Gasteiger partial charge is 0.508 e. The van der Waals surface area contributed by atoms with E-state index in [1.807, 2.05) is 25.1 Å². The van der Waals surface area contributed by atoms with Crippen LogP contribution >= 0.6 is 15.9 Å². The van der Waals surface area contributed by atoms with E-state index >= 15 is 0 Å². The van der Waals surface area contributed by atoms with E-state index in [2.05, 4.69) is 53.3 Å². The fraction of sp³-hybridized carbons (Fsp3) is 0.185. The Labute approximate surface area is 202 Å². The number of hydrogen-bond acceptors (Lipinski definition) is 4. The molecule has 0 heterocycles. The summed E-state index contributed by atoms with van der Waals surface area (Å²) in [5.74, 6) is 0.267. The number of aryl methyl sites for hydroxylation is 2. The Kier molecular flexibility index (Phi) is 7.92. The van der Waals surface area contributed by atoms with Crippen LogP contribution in [0.5, 0.6) is 11.5 Å². The number of nitrogens with zero attached hydrogens (tertiary/aromatic N) is 1. The number of ether oxygens (including phenoxy) is 1. The molecule has 5 nitrogen and oxygen atoms in total. The number of amides is 1. The quantitative estimate of drug-likeness (QED) is 0.224. The third-order valence-electron chi connectivity index (χ3n) is 4.94. The minimum absolute atomic E-state index is 0.0421. The molecule has 33 heavy (non-hydrogen) atoms. The van der Waals surface area contributed by atoms with Crippen molar-refractivity contribution in [2.24, 2.45) is 0 Å². The van der Waals surface area contributed by atoms with Crippen molar-refractivity contribution in [1.29, 1.82) is 5.26 Å². The van der Waals surface area contributed by atoms with Crippen LogP contribution in [0.2, 0.25) is 0 Å². The van der Waals surface area contributed by atoms with E-state index in [4.69, 9.17) is 4.74 Å². The Bertz CT molecular complexity index is 1220. The summed E-state index contributed by atoms with van der Waals surface area (Å²) in [4.78, 5) is 12.6. The van der Waals surface area contributed by atoms with Crippen molar-refractivity contribution in [3.63, 3.8) is 0 Å². The van der Waals surface area contributed by atoms with Gasteiger partial charge in [-0.15, -0.1) is 0 Å². The van der Waals surface area contributed by atoms with Crippen molar-refractivity contribution in [3.8, 4) is 17.6 Å². The highest BCUT2D eigenvalue weighted by Gasteiger charge is 2.14. The van der Waals surface area contributed by atoms with Gasteiger partial charge in [-0.2, -0.15) is 5.26 Å². The summed E-state index contributed by atoms with van der Waals surface area (Å²) in [5.41, 5.74) is 5.72. The van der Waals surface area contributed by atoms with Gasteiger partial charge in [0.15, 0.2) is 0 Å². The van der Waals surface area contributed by atoms with E-state index in [0.29, 0.717) is 30.0 Å². The van der Waals surface area contributed by atoms with Crippen molar-refractivity contribution >= 4 is 33.6 Å². The van der Waals surface area contributed by atoms with Gasteiger partial charge in [0.1, 0.15) is 23.1 Å². The number of hydrogen-bond donors (Lipinski definition) is 2. The smallest absolute Gasteiger partial charge is 0.266 e. The van der Waals surface area contributed by atoms with Gasteiger partial charge in [-0.05, 0) is 74.4 Å². The van der Waals surface area contributed by atoms with Crippen molar-refractivity contribution in [2.45, 2.75) is 27.2 Å². The Hall–Kier alpha value is -3.56. The highest BCUT2D eigenvalue weighted by molar-refractivity contribution is 9.10. The molecular formula is C27H25BrN2O3. The topological polar surface area (TPSA) is 82.3 Å². The zero-order valence-electron chi connectivity index (χ0n) is 18.8. The predicted octanol–water partition coefficient (Wildman–Crippen LogP) is 6.31. The number of phenolic OH excluding ortho intramolecular Hbond substituents is 1. The van der Waals surface area contributed by atoms with Crippen LogP contribution in [0.1, 0.15) is 34.7 Å². The molecule has 0 atom stereocenters. The fourth-order valence-corrected chi connectivity index (χ4v) is 4.20. The van der Waals surface area contributed by atoms with Gasteiger partial charge in [0.2, 0.25) is 0 Å². The Morgan fingerprint density at radius 1 is 1.12 bits per heavy atom. The van der Waals surface area contributed by atoms with Gasteiger partial charge in [-0.3, -0.25) is 4.79 Å². The maximum absolute atomic E-state index is 12.6. The highest BCUT2D eigenvalue weighted by Crippen LogP contribution is 2.33. The molecule has 0 radical (unpaired) electrons. The summed E-state index contributed by atoms with van der Waals surface area (Å²) in [6, 6.07) is 18.2. The number of aromatic hydroxyl groups is 1. The third-order valence-corrected chi connectivity index (χ3v) is 5.65. The summed E-state index contributed by atoms with van der Waals surface area (Å²) in [6.45, 7) is 6.57. The zero-order chi connectivity index (χ0) is 24.0. The maximum Gasteiger partial charge on any atom is 0.266 e. The molecule has 0 saturated heterocycles. The van der Waals surface area contributed by atoms with Crippen molar-refractivity contribution in [1.82, 2.24) is 0 Å². The lowest BCUT2D eigenvalue weighted by Gasteiger charge is -2.15. The molecule has 0 fully saturated rings. The monoisotopic (exact) mass is 504 g/mol. The standard InChI is InChI=1S/C27H25BrN2O3/c1-4-33-26-15-20(12-21(16-29)27(32)30-22-5-7-23(31)8-6-22)14-25(28)24(26)13-19-10-17(2)9-18(3)11-19/h5-12,14-15,31H,4,13H2,1-3H3,(H,30,32)/b21-12+. The van der Waals surface area contributed by atoms with Gasteiger partial charge in [0, 0.05) is 22.1 Å². The van der Waals surface area contributed by atoms with E-state index in [-0.39, 0.29) is 11.3 Å².